The highest BCUT2D eigenvalue weighted by Gasteiger charge is 2.45. The molecule has 0 spiro atoms. The number of likely N-dealkylation sites (N-methyl/N-ethyl adjacent to an activating group) is 1. The minimum atomic E-state index is -0.714. The number of ether oxygens (including phenoxy) is 2. The molecule has 1 aromatic rings. The number of nitrogens with one attached hydrogen (secondary N) is 3. The number of hydrogen-bond acceptors (Lipinski definition) is 8. The molecular formula is C40H65N5O7. The average Bonchev–Trinajstić information content (AvgIpc) is 3.92. The average molecular weight is 728 g/mol. The number of nitrogens with zero attached hydrogens (tertiary/aromatic N) is 2. The number of amides is 4. The largest absolute Gasteiger partial charge is 0.394 e. The van der Waals surface area contributed by atoms with Crippen molar-refractivity contribution in [2.45, 2.75) is 134 Å². The molecule has 12 heteroatoms. The number of methoxy groups -OCH3 is 2. The molecule has 2 aliphatic heterocycles. The van der Waals surface area contributed by atoms with E-state index in [9.17, 15) is 24.3 Å². The van der Waals surface area contributed by atoms with E-state index in [0.29, 0.717) is 31.3 Å². The van der Waals surface area contributed by atoms with Gasteiger partial charge < -0.3 is 40.3 Å². The number of aliphatic hydroxyl groups is 1. The van der Waals surface area contributed by atoms with Gasteiger partial charge in [0.1, 0.15) is 6.04 Å². The van der Waals surface area contributed by atoms with E-state index >= 15 is 0 Å². The Morgan fingerprint density at radius 1 is 1.02 bits per heavy atom. The maximum absolute atomic E-state index is 14.2. The first-order valence-corrected chi connectivity index (χ1v) is 19.5. The maximum Gasteiger partial charge on any atom is 0.245 e. The van der Waals surface area contributed by atoms with Crippen molar-refractivity contribution >= 4 is 23.6 Å². The molecule has 0 unspecified atom stereocenters. The molecule has 52 heavy (non-hydrogen) atoms. The van der Waals surface area contributed by atoms with Gasteiger partial charge in [-0.25, -0.2) is 0 Å². The number of fused-ring (bicyclic) bond motifs is 2. The van der Waals surface area contributed by atoms with Crippen LogP contribution in [0.5, 0.6) is 0 Å². The number of piperidine rings is 1. The predicted octanol–water partition coefficient (Wildman–Crippen LogP) is 2.91. The minimum Gasteiger partial charge on any atom is -0.394 e. The second-order valence-corrected chi connectivity index (χ2v) is 15.8. The normalized spacial score (nSPS) is 25.2. The first-order valence-electron chi connectivity index (χ1n) is 19.5. The lowest BCUT2D eigenvalue weighted by molar-refractivity contribution is -0.147. The summed E-state index contributed by atoms with van der Waals surface area (Å²) < 4.78 is 12.0. The molecular weight excluding hydrogens is 662 g/mol. The number of aliphatic hydroxyl groups excluding tert-OH is 1. The van der Waals surface area contributed by atoms with Crippen molar-refractivity contribution in [2.75, 3.05) is 34.4 Å². The van der Waals surface area contributed by atoms with Crippen LogP contribution in [0.4, 0.5) is 0 Å². The summed E-state index contributed by atoms with van der Waals surface area (Å²) in [6, 6.07) is 7.91. The van der Waals surface area contributed by atoms with Gasteiger partial charge in [-0.3, -0.25) is 19.2 Å². The number of rotatable bonds is 19. The van der Waals surface area contributed by atoms with E-state index in [-0.39, 0.29) is 60.6 Å². The lowest BCUT2D eigenvalue weighted by atomic mass is 9.89. The first kappa shape index (κ1) is 41.7. The van der Waals surface area contributed by atoms with E-state index in [0.717, 1.165) is 37.7 Å². The van der Waals surface area contributed by atoms with Crippen molar-refractivity contribution in [3.8, 4) is 0 Å². The molecule has 4 N–H and O–H groups in total. The van der Waals surface area contributed by atoms with Gasteiger partial charge in [0.2, 0.25) is 23.6 Å². The lowest BCUT2D eigenvalue weighted by Gasteiger charge is -2.41. The van der Waals surface area contributed by atoms with Crippen molar-refractivity contribution in [3.63, 3.8) is 0 Å². The predicted molar refractivity (Wildman–Crippen MR) is 200 cm³/mol. The Bertz CT molecular complexity index is 1330. The standard InChI is InChI=1S/C40H65N5O7/c1-9-25(4)36(44(6)40(50)34(24(2)3)43-39(49)35-28-17-18-29(21-28)41-35)32(51-7)22-33(47)45-19-13-16-31(45)37(52-8)26(5)38(48)42-30(23-46)20-27-14-11-10-12-15-27/h10-12,14-15,24-26,28-32,34-37,41,46H,9,13,16-23H2,1-8H3,(H,42,48)(H,43,49)/t25-,26+,28-,29+,30-,31-,32+,34-,35-,36-,37+/m0/s1. The van der Waals surface area contributed by atoms with Crippen molar-refractivity contribution in [2.24, 2.45) is 23.7 Å². The SMILES string of the molecule is CC[C@H](C)[C@@H]([C@@H](CC(=O)N1CCC[C@H]1[C@H](OC)[C@@H](C)C(=O)N[C@H](CO)Cc1ccccc1)OC)N(C)C(=O)[C@@H](NC(=O)[C@H]1N[C@@H]2CC[C@H]1C2)C(C)C. The fourth-order valence-corrected chi connectivity index (χ4v) is 8.82. The smallest absolute Gasteiger partial charge is 0.245 e. The number of carbonyl (C=O) groups is 4. The molecule has 4 rings (SSSR count). The Balaban J connectivity index is 1.43. The first-order chi connectivity index (χ1) is 24.8. The van der Waals surface area contributed by atoms with Crippen LogP contribution in [0, 0.1) is 23.7 Å². The summed E-state index contributed by atoms with van der Waals surface area (Å²) in [6.07, 6.45) is 4.74. The van der Waals surface area contributed by atoms with E-state index in [2.05, 4.69) is 29.8 Å². The Labute approximate surface area is 311 Å². The van der Waals surface area contributed by atoms with E-state index < -0.39 is 36.3 Å². The van der Waals surface area contributed by atoms with Gasteiger partial charge in [0, 0.05) is 33.9 Å². The Hall–Kier alpha value is -3.06. The molecule has 12 nitrogen and oxygen atoms in total. The summed E-state index contributed by atoms with van der Waals surface area (Å²) in [5.74, 6) is -1.09. The zero-order valence-corrected chi connectivity index (χ0v) is 32.7. The molecule has 1 aliphatic carbocycles. The fraction of sp³-hybridized carbons (Fsp3) is 0.750. The summed E-state index contributed by atoms with van der Waals surface area (Å²) in [5, 5.41) is 19.5. The van der Waals surface area contributed by atoms with Crippen LogP contribution in [-0.4, -0.2) is 121 Å². The molecule has 0 aromatic heterocycles. The van der Waals surface area contributed by atoms with Crippen molar-refractivity contribution < 1.29 is 33.8 Å². The monoisotopic (exact) mass is 727 g/mol. The number of benzene rings is 1. The van der Waals surface area contributed by atoms with Crippen LogP contribution in [0.2, 0.25) is 0 Å². The molecule has 0 radical (unpaired) electrons. The van der Waals surface area contributed by atoms with E-state index in [1.165, 1.54) is 0 Å². The summed E-state index contributed by atoms with van der Waals surface area (Å²) in [4.78, 5) is 58.7. The van der Waals surface area contributed by atoms with Crippen LogP contribution < -0.4 is 16.0 Å². The van der Waals surface area contributed by atoms with Gasteiger partial charge in [0.25, 0.3) is 0 Å². The number of likely N-dealkylation sites (tertiary alicyclic amines) is 1. The van der Waals surface area contributed by atoms with E-state index in [4.69, 9.17) is 9.47 Å². The second kappa shape index (κ2) is 19.3. The Morgan fingerprint density at radius 2 is 1.73 bits per heavy atom. The van der Waals surface area contributed by atoms with Crippen LogP contribution in [0.15, 0.2) is 30.3 Å². The van der Waals surface area contributed by atoms with Gasteiger partial charge in [0.05, 0.1) is 55.3 Å². The third-order valence-corrected chi connectivity index (χ3v) is 12.0. The molecule has 2 saturated heterocycles. The highest BCUT2D eigenvalue weighted by Crippen LogP contribution is 2.35. The molecule has 3 fully saturated rings. The van der Waals surface area contributed by atoms with Gasteiger partial charge in [0.15, 0.2) is 0 Å². The van der Waals surface area contributed by atoms with Crippen molar-refractivity contribution in [1.82, 2.24) is 25.8 Å². The molecule has 2 bridgehead atoms. The maximum atomic E-state index is 14.2. The highest BCUT2D eigenvalue weighted by atomic mass is 16.5. The molecule has 2 heterocycles. The minimum absolute atomic E-state index is 0.00243. The van der Waals surface area contributed by atoms with Crippen LogP contribution in [0.25, 0.3) is 0 Å². The Kier molecular flexibility index (Phi) is 15.5. The molecule has 1 saturated carbocycles. The third kappa shape index (κ3) is 9.92. The van der Waals surface area contributed by atoms with Crippen LogP contribution in [0.1, 0.15) is 85.1 Å². The zero-order valence-electron chi connectivity index (χ0n) is 32.7. The van der Waals surface area contributed by atoms with Gasteiger partial charge in [-0.1, -0.05) is 71.4 Å². The topological polar surface area (TPSA) is 150 Å². The summed E-state index contributed by atoms with van der Waals surface area (Å²) in [6.45, 7) is 10.1. The summed E-state index contributed by atoms with van der Waals surface area (Å²) in [5.41, 5.74) is 1.01. The summed E-state index contributed by atoms with van der Waals surface area (Å²) >= 11 is 0. The van der Waals surface area contributed by atoms with Crippen LogP contribution in [0.3, 0.4) is 0 Å². The van der Waals surface area contributed by atoms with Crippen molar-refractivity contribution in [3.05, 3.63) is 35.9 Å². The second-order valence-electron chi connectivity index (χ2n) is 15.8. The van der Waals surface area contributed by atoms with E-state index in [1.54, 1.807) is 33.1 Å². The fourth-order valence-electron chi connectivity index (χ4n) is 8.82. The van der Waals surface area contributed by atoms with Crippen LogP contribution in [-0.2, 0) is 35.1 Å². The molecule has 11 atom stereocenters. The van der Waals surface area contributed by atoms with Gasteiger partial charge in [-0.15, -0.1) is 0 Å². The molecule has 3 aliphatic rings. The molecule has 4 amide bonds. The quantitative estimate of drug-likeness (QED) is 0.170. The number of hydrogen-bond donors (Lipinski definition) is 4. The third-order valence-electron chi connectivity index (χ3n) is 12.0. The zero-order chi connectivity index (χ0) is 38.1. The Morgan fingerprint density at radius 3 is 2.29 bits per heavy atom. The van der Waals surface area contributed by atoms with Crippen molar-refractivity contribution in [1.29, 1.82) is 0 Å². The molecule has 292 valence electrons. The number of carbonyl (C=O) groups excluding carboxylic acids is 4. The van der Waals surface area contributed by atoms with Crippen LogP contribution >= 0.6 is 0 Å². The highest BCUT2D eigenvalue weighted by molar-refractivity contribution is 5.90. The van der Waals surface area contributed by atoms with Gasteiger partial charge in [-0.05, 0) is 61.8 Å². The lowest BCUT2D eigenvalue weighted by Crippen LogP contribution is -2.60. The van der Waals surface area contributed by atoms with Gasteiger partial charge in [-0.2, -0.15) is 0 Å². The molecule has 1 aromatic carbocycles. The van der Waals surface area contributed by atoms with Gasteiger partial charge >= 0.3 is 0 Å². The van der Waals surface area contributed by atoms with E-state index in [1.807, 2.05) is 49.1 Å². The summed E-state index contributed by atoms with van der Waals surface area (Å²) in [7, 11) is 4.90.